The number of rotatable bonds is 8. The lowest BCUT2D eigenvalue weighted by molar-refractivity contribution is -0.116. The Morgan fingerprint density at radius 1 is 1.13 bits per heavy atom. The van der Waals surface area contributed by atoms with Crippen molar-refractivity contribution in [2.75, 3.05) is 11.9 Å². The number of carbonyl (C=O) groups excluding carboxylic acids is 1. The summed E-state index contributed by atoms with van der Waals surface area (Å²) in [5.41, 5.74) is 1.72. The number of anilines is 1. The second-order valence-electron chi connectivity index (χ2n) is 7.73. The van der Waals surface area contributed by atoms with Crippen LogP contribution in [0.3, 0.4) is 0 Å². The van der Waals surface area contributed by atoms with Crippen LogP contribution in [0.4, 0.5) is 5.69 Å². The monoisotopic (exact) mass is 460 g/mol. The molecule has 3 aromatic rings. The third kappa shape index (κ3) is 5.64. The van der Waals surface area contributed by atoms with Gasteiger partial charge in [-0.2, -0.15) is 5.10 Å². The van der Waals surface area contributed by atoms with Crippen LogP contribution >= 0.6 is 24.0 Å². The van der Waals surface area contributed by atoms with Gasteiger partial charge < -0.3 is 10.6 Å². The zero-order valence-electron chi connectivity index (χ0n) is 17.1. The summed E-state index contributed by atoms with van der Waals surface area (Å²) in [7, 11) is 0. The minimum Gasteiger partial charge on any atom is -0.325 e. The van der Waals surface area contributed by atoms with Gasteiger partial charge in [-0.1, -0.05) is 42.3 Å². The lowest BCUT2D eigenvalue weighted by Crippen LogP contribution is -2.35. The Morgan fingerprint density at radius 2 is 1.90 bits per heavy atom. The number of amides is 1. The summed E-state index contributed by atoms with van der Waals surface area (Å²) in [5.74, 6) is -0.0584. The molecule has 2 aromatic carbocycles. The molecule has 1 saturated carbocycles. The van der Waals surface area contributed by atoms with Crippen molar-refractivity contribution in [1.82, 2.24) is 15.5 Å². The summed E-state index contributed by atoms with van der Waals surface area (Å²) in [5, 5.41) is 15.0. The number of unbranched alkanes of at least 4 members (excludes halogenated alkanes) is 1. The van der Waals surface area contributed by atoms with E-state index in [2.05, 4.69) is 20.8 Å². The predicted octanol–water partition coefficient (Wildman–Crippen LogP) is 4.92. The molecule has 0 atom stereocenters. The quantitative estimate of drug-likeness (QED) is 0.416. The van der Waals surface area contributed by atoms with Gasteiger partial charge >= 0.3 is 0 Å². The Morgan fingerprint density at radius 3 is 2.65 bits per heavy atom. The number of hydrogen-bond acceptors (Lipinski definition) is 4. The number of fused-ring (bicyclic) bond motifs is 1. The van der Waals surface area contributed by atoms with Gasteiger partial charge in [0.15, 0.2) is 0 Å². The molecule has 1 fully saturated rings. The van der Waals surface area contributed by atoms with E-state index in [1.165, 1.54) is 19.3 Å². The van der Waals surface area contributed by atoms with Crippen LogP contribution in [-0.2, 0) is 4.79 Å². The molecule has 1 amide bonds. The first-order valence-corrected chi connectivity index (χ1v) is 10.8. The van der Waals surface area contributed by atoms with E-state index >= 15 is 0 Å². The Bertz CT molecular complexity index is 1110. The van der Waals surface area contributed by atoms with Crippen LogP contribution in [0.25, 0.3) is 22.0 Å². The lowest BCUT2D eigenvalue weighted by Gasteiger charge is -2.26. The SMILES string of the molecule is Cl.O=C(CCCCNC1CCC1)Nc1cc(-c2n[nH]c(=O)c3ccccc23)ccc1Cl. The average Bonchev–Trinajstić information content (AvgIpc) is 2.71. The maximum atomic E-state index is 12.4. The van der Waals surface area contributed by atoms with Crippen LogP contribution in [0.15, 0.2) is 47.3 Å². The maximum absolute atomic E-state index is 12.4. The molecule has 0 saturated heterocycles. The highest BCUT2D eigenvalue weighted by Crippen LogP contribution is 2.30. The van der Waals surface area contributed by atoms with E-state index < -0.39 is 0 Å². The minimum absolute atomic E-state index is 0. The fraction of sp³-hybridized carbons (Fsp3) is 0.348. The van der Waals surface area contributed by atoms with Gasteiger partial charge in [-0.05, 0) is 50.4 Å². The van der Waals surface area contributed by atoms with Gasteiger partial charge in [0, 0.05) is 23.4 Å². The van der Waals surface area contributed by atoms with Crippen molar-refractivity contribution >= 4 is 46.4 Å². The molecule has 3 N–H and O–H groups in total. The number of hydrogen-bond donors (Lipinski definition) is 3. The van der Waals surface area contributed by atoms with Crippen molar-refractivity contribution in [2.24, 2.45) is 0 Å². The summed E-state index contributed by atoms with van der Waals surface area (Å²) in [6.45, 7) is 0.957. The second kappa shape index (κ2) is 10.8. The zero-order chi connectivity index (χ0) is 20.9. The highest BCUT2D eigenvalue weighted by atomic mass is 35.5. The number of aromatic amines is 1. The molecule has 1 aliphatic rings. The number of halogens is 2. The van der Waals surface area contributed by atoms with Crippen LogP contribution in [0.2, 0.25) is 5.02 Å². The molecule has 8 heteroatoms. The first-order valence-electron chi connectivity index (χ1n) is 10.4. The number of nitrogens with one attached hydrogen (secondary N) is 3. The molecule has 0 spiro atoms. The molecule has 0 aliphatic heterocycles. The van der Waals surface area contributed by atoms with Crippen molar-refractivity contribution in [3.8, 4) is 11.3 Å². The molecule has 1 aliphatic carbocycles. The van der Waals surface area contributed by atoms with Crippen LogP contribution in [0.1, 0.15) is 38.5 Å². The largest absolute Gasteiger partial charge is 0.325 e. The molecule has 0 bridgehead atoms. The first-order chi connectivity index (χ1) is 14.6. The van der Waals surface area contributed by atoms with Gasteiger partial charge in [-0.15, -0.1) is 12.4 Å². The fourth-order valence-electron chi connectivity index (χ4n) is 3.64. The molecule has 4 rings (SSSR count). The molecule has 1 aromatic heterocycles. The van der Waals surface area contributed by atoms with E-state index in [1.54, 1.807) is 18.2 Å². The number of H-pyrrole nitrogens is 1. The molecule has 164 valence electrons. The Labute approximate surface area is 192 Å². The van der Waals surface area contributed by atoms with E-state index in [0.717, 1.165) is 30.3 Å². The van der Waals surface area contributed by atoms with Crippen molar-refractivity contribution in [1.29, 1.82) is 0 Å². The van der Waals surface area contributed by atoms with Gasteiger partial charge in [0.2, 0.25) is 5.91 Å². The minimum atomic E-state index is -0.233. The summed E-state index contributed by atoms with van der Waals surface area (Å²) < 4.78 is 0. The van der Waals surface area contributed by atoms with E-state index in [9.17, 15) is 9.59 Å². The Hall–Kier alpha value is -2.41. The molecular weight excluding hydrogens is 435 g/mol. The van der Waals surface area contributed by atoms with Crippen molar-refractivity contribution < 1.29 is 4.79 Å². The van der Waals surface area contributed by atoms with Crippen molar-refractivity contribution in [3.63, 3.8) is 0 Å². The van der Waals surface area contributed by atoms with E-state index in [-0.39, 0.29) is 23.9 Å². The Kier molecular flexibility index (Phi) is 8.07. The molecule has 1 heterocycles. The molecule has 0 unspecified atom stereocenters. The smallest absolute Gasteiger partial charge is 0.272 e. The summed E-state index contributed by atoms with van der Waals surface area (Å²) >= 11 is 6.31. The predicted molar refractivity (Wildman–Crippen MR) is 128 cm³/mol. The zero-order valence-corrected chi connectivity index (χ0v) is 18.7. The maximum Gasteiger partial charge on any atom is 0.272 e. The van der Waals surface area contributed by atoms with Gasteiger partial charge in [0.1, 0.15) is 0 Å². The lowest BCUT2D eigenvalue weighted by atomic mass is 9.93. The molecule has 6 nitrogen and oxygen atoms in total. The van der Waals surface area contributed by atoms with Gasteiger partial charge in [-0.3, -0.25) is 9.59 Å². The molecule has 0 radical (unpaired) electrons. The highest BCUT2D eigenvalue weighted by molar-refractivity contribution is 6.33. The summed E-state index contributed by atoms with van der Waals surface area (Å²) in [6.07, 6.45) is 6.13. The highest BCUT2D eigenvalue weighted by Gasteiger charge is 2.16. The molecule has 31 heavy (non-hydrogen) atoms. The summed E-state index contributed by atoms with van der Waals surface area (Å²) in [4.78, 5) is 24.4. The second-order valence-corrected chi connectivity index (χ2v) is 8.14. The van der Waals surface area contributed by atoms with E-state index in [1.807, 2.05) is 24.3 Å². The van der Waals surface area contributed by atoms with E-state index in [4.69, 9.17) is 11.6 Å². The van der Waals surface area contributed by atoms with Crippen LogP contribution in [0.5, 0.6) is 0 Å². The van der Waals surface area contributed by atoms with Crippen LogP contribution in [-0.4, -0.2) is 28.7 Å². The normalized spacial score (nSPS) is 13.5. The number of carbonyl (C=O) groups is 1. The Balaban J connectivity index is 0.00000272. The average molecular weight is 461 g/mol. The third-order valence-electron chi connectivity index (χ3n) is 5.58. The number of nitrogens with zero attached hydrogens (tertiary/aromatic N) is 1. The van der Waals surface area contributed by atoms with Crippen molar-refractivity contribution in [2.45, 2.75) is 44.6 Å². The van der Waals surface area contributed by atoms with Crippen LogP contribution in [0, 0.1) is 0 Å². The van der Waals surface area contributed by atoms with Crippen LogP contribution < -0.4 is 16.2 Å². The number of aromatic nitrogens is 2. The standard InChI is InChI=1S/C23H25ClN4O2.ClH/c24-19-12-11-15(22-17-8-1-2-9-18(17)23(30)28-27-22)14-20(19)26-21(29)10-3-4-13-25-16-6-5-7-16;/h1-2,8-9,11-12,14,16,25H,3-7,10,13H2,(H,26,29)(H,28,30);1H. The van der Waals surface area contributed by atoms with Crippen molar-refractivity contribution in [3.05, 3.63) is 57.8 Å². The van der Waals surface area contributed by atoms with Gasteiger partial charge in [0.25, 0.3) is 5.56 Å². The van der Waals surface area contributed by atoms with Gasteiger partial charge in [0.05, 0.1) is 21.8 Å². The summed E-state index contributed by atoms with van der Waals surface area (Å²) in [6, 6.07) is 13.3. The topological polar surface area (TPSA) is 86.9 Å². The fourth-order valence-corrected chi connectivity index (χ4v) is 3.81. The number of benzene rings is 2. The molecular formula is C23H26Cl2N4O2. The van der Waals surface area contributed by atoms with Gasteiger partial charge in [-0.25, -0.2) is 5.10 Å². The first kappa shape index (κ1) is 23.3. The van der Waals surface area contributed by atoms with E-state index in [0.29, 0.717) is 34.3 Å². The third-order valence-corrected chi connectivity index (χ3v) is 5.91.